The lowest BCUT2D eigenvalue weighted by molar-refractivity contribution is -0.120. The van der Waals surface area contributed by atoms with Crippen molar-refractivity contribution in [1.29, 1.82) is 5.26 Å². The van der Waals surface area contributed by atoms with Gasteiger partial charge < -0.3 is 10.1 Å². The number of fused-ring (bicyclic) bond motifs is 1. The van der Waals surface area contributed by atoms with Crippen LogP contribution in [-0.4, -0.2) is 5.91 Å². The Bertz CT molecular complexity index is 979. The molecule has 130 valence electrons. The van der Waals surface area contributed by atoms with Crippen LogP contribution in [0, 0.1) is 17.1 Å². The Labute approximate surface area is 150 Å². The van der Waals surface area contributed by atoms with Crippen LogP contribution in [0.5, 0.6) is 5.75 Å². The SMILES string of the molecule is N#CCC(=O)NCc1c(OCc2ccccc2F)ccc2ccccc12. The zero-order chi connectivity index (χ0) is 18.4. The van der Waals surface area contributed by atoms with Crippen LogP contribution in [0.25, 0.3) is 10.8 Å². The van der Waals surface area contributed by atoms with Crippen LogP contribution in [0.3, 0.4) is 0 Å². The van der Waals surface area contributed by atoms with E-state index in [1.807, 2.05) is 42.5 Å². The van der Waals surface area contributed by atoms with Gasteiger partial charge in [0.25, 0.3) is 0 Å². The monoisotopic (exact) mass is 348 g/mol. The molecule has 3 rings (SSSR count). The molecule has 0 unspecified atom stereocenters. The van der Waals surface area contributed by atoms with E-state index < -0.39 is 0 Å². The van der Waals surface area contributed by atoms with Gasteiger partial charge in [-0.25, -0.2) is 4.39 Å². The smallest absolute Gasteiger partial charge is 0.234 e. The molecule has 0 aliphatic carbocycles. The molecule has 1 amide bonds. The maximum atomic E-state index is 13.8. The van der Waals surface area contributed by atoms with E-state index in [0.717, 1.165) is 16.3 Å². The van der Waals surface area contributed by atoms with E-state index in [1.54, 1.807) is 18.2 Å². The number of hydrogen-bond acceptors (Lipinski definition) is 3. The number of nitriles is 1. The molecule has 0 atom stereocenters. The maximum absolute atomic E-state index is 13.8. The van der Waals surface area contributed by atoms with Crippen molar-refractivity contribution in [2.24, 2.45) is 0 Å². The largest absolute Gasteiger partial charge is 0.488 e. The molecule has 1 N–H and O–H groups in total. The van der Waals surface area contributed by atoms with Crippen LogP contribution in [0.1, 0.15) is 17.5 Å². The molecule has 3 aromatic rings. The van der Waals surface area contributed by atoms with Gasteiger partial charge in [-0.3, -0.25) is 4.79 Å². The van der Waals surface area contributed by atoms with Crippen molar-refractivity contribution in [3.8, 4) is 11.8 Å². The van der Waals surface area contributed by atoms with Gasteiger partial charge in [-0.2, -0.15) is 5.26 Å². The summed E-state index contributed by atoms with van der Waals surface area (Å²) in [5, 5.41) is 13.3. The van der Waals surface area contributed by atoms with Crippen molar-refractivity contribution < 1.29 is 13.9 Å². The summed E-state index contributed by atoms with van der Waals surface area (Å²) >= 11 is 0. The van der Waals surface area contributed by atoms with Crippen molar-refractivity contribution in [2.45, 2.75) is 19.6 Å². The maximum Gasteiger partial charge on any atom is 0.234 e. The Hall–Kier alpha value is -3.39. The predicted molar refractivity (Wildman–Crippen MR) is 96.8 cm³/mol. The van der Waals surface area contributed by atoms with Gasteiger partial charge in [0.05, 0.1) is 6.07 Å². The third-order valence-corrected chi connectivity index (χ3v) is 4.04. The average Bonchev–Trinajstić information content (AvgIpc) is 2.66. The third-order valence-electron chi connectivity index (χ3n) is 4.04. The fraction of sp³-hybridized carbons (Fsp3) is 0.143. The van der Waals surface area contributed by atoms with E-state index in [9.17, 15) is 9.18 Å². The van der Waals surface area contributed by atoms with Crippen LogP contribution in [-0.2, 0) is 17.9 Å². The highest BCUT2D eigenvalue weighted by Crippen LogP contribution is 2.29. The van der Waals surface area contributed by atoms with Crippen LogP contribution in [0.4, 0.5) is 4.39 Å². The summed E-state index contributed by atoms with van der Waals surface area (Å²) in [4.78, 5) is 11.7. The van der Waals surface area contributed by atoms with Crippen molar-refractivity contribution >= 4 is 16.7 Å². The Balaban J connectivity index is 1.88. The van der Waals surface area contributed by atoms with Crippen molar-refractivity contribution in [3.63, 3.8) is 0 Å². The van der Waals surface area contributed by atoms with Crippen LogP contribution in [0.15, 0.2) is 60.7 Å². The Morgan fingerprint density at radius 2 is 1.85 bits per heavy atom. The molecular formula is C21H17FN2O2. The molecule has 0 saturated heterocycles. The van der Waals surface area contributed by atoms with E-state index >= 15 is 0 Å². The Morgan fingerprint density at radius 1 is 1.08 bits per heavy atom. The van der Waals surface area contributed by atoms with Gasteiger partial charge in [0, 0.05) is 17.7 Å². The third kappa shape index (κ3) is 3.98. The minimum Gasteiger partial charge on any atom is -0.488 e. The van der Waals surface area contributed by atoms with Gasteiger partial charge in [0.1, 0.15) is 24.6 Å². The number of nitrogens with one attached hydrogen (secondary N) is 1. The number of carbonyl (C=O) groups is 1. The number of benzene rings is 3. The first kappa shape index (κ1) is 17.4. The molecule has 0 bridgehead atoms. The number of ether oxygens (including phenoxy) is 1. The number of carbonyl (C=O) groups excluding carboxylic acids is 1. The molecule has 0 heterocycles. The molecule has 0 spiro atoms. The van der Waals surface area contributed by atoms with Gasteiger partial charge in [-0.05, 0) is 22.9 Å². The number of nitrogens with zero attached hydrogens (tertiary/aromatic N) is 1. The summed E-state index contributed by atoms with van der Waals surface area (Å²) in [7, 11) is 0. The van der Waals surface area contributed by atoms with Gasteiger partial charge in [0.2, 0.25) is 5.91 Å². The molecule has 5 heteroatoms. The zero-order valence-corrected chi connectivity index (χ0v) is 14.0. The fourth-order valence-electron chi connectivity index (χ4n) is 2.73. The molecule has 0 radical (unpaired) electrons. The lowest BCUT2D eigenvalue weighted by Crippen LogP contribution is -2.22. The molecule has 0 fully saturated rings. The summed E-state index contributed by atoms with van der Waals surface area (Å²) in [6.45, 7) is 0.318. The molecule has 0 aliphatic heterocycles. The summed E-state index contributed by atoms with van der Waals surface area (Å²) in [5.74, 6) is -0.0955. The first-order chi connectivity index (χ1) is 12.7. The Kier molecular flexibility index (Phi) is 5.45. The highest BCUT2D eigenvalue weighted by molar-refractivity contribution is 5.88. The summed E-state index contributed by atoms with van der Waals surface area (Å²) in [5.41, 5.74) is 1.26. The van der Waals surface area contributed by atoms with E-state index in [2.05, 4.69) is 5.32 Å². The molecule has 3 aromatic carbocycles. The highest BCUT2D eigenvalue weighted by atomic mass is 19.1. The average molecular weight is 348 g/mol. The quantitative estimate of drug-likeness (QED) is 0.730. The standard InChI is InChI=1S/C21H17FN2O2/c22-19-8-4-2-6-16(19)14-26-20-10-9-15-5-1-3-7-17(15)18(20)13-24-21(25)11-12-23/h1-10H,11,13-14H2,(H,24,25). The topological polar surface area (TPSA) is 62.1 Å². The first-order valence-electron chi connectivity index (χ1n) is 8.19. The van der Waals surface area contributed by atoms with Gasteiger partial charge in [-0.15, -0.1) is 0 Å². The van der Waals surface area contributed by atoms with E-state index in [-0.39, 0.29) is 31.3 Å². The number of halogens is 1. The van der Waals surface area contributed by atoms with Crippen LogP contribution in [0.2, 0.25) is 0 Å². The van der Waals surface area contributed by atoms with Crippen molar-refractivity contribution in [3.05, 3.63) is 77.6 Å². The first-order valence-corrected chi connectivity index (χ1v) is 8.19. The lowest BCUT2D eigenvalue weighted by Gasteiger charge is -2.15. The minimum atomic E-state index is -0.347. The summed E-state index contributed by atoms with van der Waals surface area (Å²) < 4.78 is 19.7. The van der Waals surface area contributed by atoms with Gasteiger partial charge >= 0.3 is 0 Å². The van der Waals surface area contributed by atoms with Crippen LogP contribution >= 0.6 is 0 Å². The number of hydrogen-bond donors (Lipinski definition) is 1. The minimum absolute atomic E-state index is 0.0875. The van der Waals surface area contributed by atoms with E-state index in [1.165, 1.54) is 6.07 Å². The van der Waals surface area contributed by atoms with Crippen molar-refractivity contribution in [2.75, 3.05) is 0 Å². The normalized spacial score (nSPS) is 10.3. The molecule has 0 aromatic heterocycles. The summed E-state index contributed by atoms with van der Waals surface area (Å²) in [6, 6.07) is 19.8. The predicted octanol–water partition coefficient (Wildman–Crippen LogP) is 4.09. The molecule has 26 heavy (non-hydrogen) atoms. The van der Waals surface area contributed by atoms with Crippen molar-refractivity contribution in [1.82, 2.24) is 5.32 Å². The second-order valence-corrected chi connectivity index (χ2v) is 5.76. The molecule has 4 nitrogen and oxygen atoms in total. The van der Waals surface area contributed by atoms with Gasteiger partial charge in [-0.1, -0.05) is 48.5 Å². The molecular weight excluding hydrogens is 331 g/mol. The number of amides is 1. The Morgan fingerprint density at radius 3 is 2.65 bits per heavy atom. The fourth-order valence-corrected chi connectivity index (χ4v) is 2.73. The molecule has 0 saturated carbocycles. The second-order valence-electron chi connectivity index (χ2n) is 5.76. The van der Waals surface area contributed by atoms with E-state index in [0.29, 0.717) is 11.3 Å². The zero-order valence-electron chi connectivity index (χ0n) is 14.0. The van der Waals surface area contributed by atoms with Gasteiger partial charge in [0.15, 0.2) is 0 Å². The summed E-state index contributed by atoms with van der Waals surface area (Å²) in [6.07, 6.45) is -0.198. The highest BCUT2D eigenvalue weighted by Gasteiger charge is 2.11. The number of rotatable bonds is 6. The lowest BCUT2D eigenvalue weighted by atomic mass is 10.0. The second kappa shape index (κ2) is 8.13. The van der Waals surface area contributed by atoms with E-state index in [4.69, 9.17) is 10.00 Å². The van der Waals surface area contributed by atoms with Crippen LogP contribution < -0.4 is 10.1 Å². The molecule has 0 aliphatic rings.